The summed E-state index contributed by atoms with van der Waals surface area (Å²) in [6.07, 6.45) is 3.92. The normalized spacial score (nSPS) is 20.8. The van der Waals surface area contributed by atoms with Crippen molar-refractivity contribution < 1.29 is 4.42 Å². The van der Waals surface area contributed by atoms with Gasteiger partial charge in [0.25, 0.3) is 0 Å². The van der Waals surface area contributed by atoms with Gasteiger partial charge < -0.3 is 15.1 Å². The van der Waals surface area contributed by atoms with Crippen molar-refractivity contribution >= 4 is 27.5 Å². The molecule has 6 nitrogen and oxygen atoms in total. The zero-order valence-corrected chi connectivity index (χ0v) is 16.8. The molecule has 2 aromatic heterocycles. The van der Waals surface area contributed by atoms with Crippen molar-refractivity contribution in [3.63, 3.8) is 0 Å². The second-order valence-corrected chi connectivity index (χ2v) is 8.57. The molecule has 2 fully saturated rings. The fourth-order valence-electron chi connectivity index (χ4n) is 3.80. The van der Waals surface area contributed by atoms with E-state index in [4.69, 9.17) is 4.42 Å². The first-order chi connectivity index (χ1) is 13.8. The third-order valence-electron chi connectivity index (χ3n) is 5.44. The largest absolute Gasteiger partial charge is 0.457 e. The minimum Gasteiger partial charge on any atom is -0.457 e. The Balaban J connectivity index is 1.18. The van der Waals surface area contributed by atoms with Gasteiger partial charge in [0.05, 0.1) is 16.8 Å². The number of thiazole rings is 1. The predicted octanol–water partition coefficient (Wildman–Crippen LogP) is 3.46. The van der Waals surface area contributed by atoms with Crippen LogP contribution in [0.4, 0.5) is 0 Å². The lowest BCUT2D eigenvalue weighted by molar-refractivity contribution is 0.321. The maximum atomic E-state index is 6.02. The Hall–Kier alpha value is -2.38. The highest BCUT2D eigenvalue weighted by atomic mass is 32.1. The molecule has 1 aliphatic carbocycles. The molecular formula is C21H25N5OS. The number of hydrogen-bond acceptors (Lipinski definition) is 5. The lowest BCUT2D eigenvalue weighted by Gasteiger charge is -2.18. The van der Waals surface area contributed by atoms with E-state index in [1.165, 1.54) is 30.5 Å². The smallest absolute Gasteiger partial charge is 0.191 e. The van der Waals surface area contributed by atoms with Gasteiger partial charge in [0.1, 0.15) is 5.76 Å². The Morgan fingerprint density at radius 3 is 2.96 bits per heavy atom. The topological polar surface area (TPSA) is 65.7 Å². The maximum absolute atomic E-state index is 6.02. The standard InChI is InChI=1S/C21H25N5OS/c1-22-21(24-14-10-11-26(13-14)15-6-7-15)23-12-16-8-9-18(27-16)20-25-17-4-2-3-5-19(17)28-20/h2-5,8-9,14-15H,6-7,10-13H2,1H3,(H2,22,23,24). The molecule has 7 heteroatoms. The number of benzene rings is 1. The van der Waals surface area contributed by atoms with Gasteiger partial charge in [0, 0.05) is 32.2 Å². The Kier molecular flexibility index (Phi) is 4.78. The summed E-state index contributed by atoms with van der Waals surface area (Å²) in [5.74, 6) is 2.53. The third-order valence-corrected chi connectivity index (χ3v) is 6.49. The van der Waals surface area contributed by atoms with Crippen LogP contribution in [0.15, 0.2) is 45.8 Å². The second-order valence-electron chi connectivity index (χ2n) is 7.53. The lowest BCUT2D eigenvalue weighted by Crippen LogP contribution is -2.44. The summed E-state index contributed by atoms with van der Waals surface area (Å²) in [5.41, 5.74) is 1.01. The molecule has 5 rings (SSSR count). The quantitative estimate of drug-likeness (QED) is 0.512. The summed E-state index contributed by atoms with van der Waals surface area (Å²) in [6.45, 7) is 2.92. The van der Waals surface area contributed by atoms with Gasteiger partial charge in [0.2, 0.25) is 0 Å². The molecule has 1 aliphatic heterocycles. The van der Waals surface area contributed by atoms with E-state index in [1.54, 1.807) is 11.3 Å². The van der Waals surface area contributed by atoms with Crippen molar-refractivity contribution in [1.82, 2.24) is 20.5 Å². The first-order valence-electron chi connectivity index (χ1n) is 9.94. The van der Waals surface area contributed by atoms with E-state index in [0.29, 0.717) is 12.6 Å². The molecule has 1 atom stereocenters. The van der Waals surface area contributed by atoms with Gasteiger partial charge in [-0.25, -0.2) is 4.98 Å². The zero-order valence-electron chi connectivity index (χ0n) is 16.0. The van der Waals surface area contributed by atoms with Crippen LogP contribution < -0.4 is 10.6 Å². The second kappa shape index (κ2) is 7.56. The van der Waals surface area contributed by atoms with Crippen molar-refractivity contribution in [2.24, 2.45) is 4.99 Å². The molecule has 0 spiro atoms. The Morgan fingerprint density at radius 1 is 1.25 bits per heavy atom. The first-order valence-corrected chi connectivity index (χ1v) is 10.8. The van der Waals surface area contributed by atoms with Gasteiger partial charge in [-0.1, -0.05) is 12.1 Å². The Bertz CT molecular complexity index is 957. The first kappa shape index (κ1) is 17.7. The van der Waals surface area contributed by atoms with Crippen LogP contribution >= 0.6 is 11.3 Å². The fraction of sp³-hybridized carbons (Fsp3) is 0.429. The number of para-hydroxylation sites is 1. The summed E-state index contributed by atoms with van der Waals surface area (Å²) >= 11 is 1.66. The van der Waals surface area contributed by atoms with Crippen LogP contribution in [0.2, 0.25) is 0 Å². The van der Waals surface area contributed by atoms with Gasteiger partial charge in [-0.05, 0) is 43.5 Å². The molecule has 0 radical (unpaired) electrons. The van der Waals surface area contributed by atoms with Crippen molar-refractivity contribution in [2.45, 2.75) is 37.9 Å². The van der Waals surface area contributed by atoms with Crippen molar-refractivity contribution in [2.75, 3.05) is 20.1 Å². The molecule has 0 amide bonds. The number of aromatic nitrogens is 1. The summed E-state index contributed by atoms with van der Waals surface area (Å²) in [5, 5.41) is 7.84. The van der Waals surface area contributed by atoms with Gasteiger partial charge in [-0.3, -0.25) is 9.89 Å². The van der Waals surface area contributed by atoms with E-state index in [-0.39, 0.29) is 0 Å². The number of rotatable bonds is 5. The number of hydrogen-bond donors (Lipinski definition) is 2. The monoisotopic (exact) mass is 395 g/mol. The number of aliphatic imine (C=N–C) groups is 1. The van der Waals surface area contributed by atoms with E-state index in [2.05, 4.69) is 31.6 Å². The number of guanidine groups is 1. The van der Waals surface area contributed by atoms with E-state index < -0.39 is 0 Å². The minimum absolute atomic E-state index is 0.474. The average Bonchev–Trinajstić information content (AvgIpc) is 3.11. The molecule has 2 N–H and O–H groups in total. The number of fused-ring (bicyclic) bond motifs is 1. The molecule has 1 aromatic carbocycles. The van der Waals surface area contributed by atoms with Crippen LogP contribution in [0.1, 0.15) is 25.0 Å². The van der Waals surface area contributed by atoms with E-state index in [0.717, 1.165) is 40.6 Å². The average molecular weight is 396 g/mol. The van der Waals surface area contributed by atoms with Crippen LogP contribution in [-0.2, 0) is 6.54 Å². The van der Waals surface area contributed by atoms with Gasteiger partial charge in [-0.2, -0.15) is 0 Å². The summed E-state index contributed by atoms with van der Waals surface area (Å²) < 4.78 is 7.19. The number of nitrogens with zero attached hydrogens (tertiary/aromatic N) is 3. The Labute approximate surface area is 168 Å². The molecule has 28 heavy (non-hydrogen) atoms. The van der Waals surface area contributed by atoms with Crippen LogP contribution in [0.3, 0.4) is 0 Å². The van der Waals surface area contributed by atoms with Gasteiger partial charge in [-0.15, -0.1) is 11.3 Å². The summed E-state index contributed by atoms with van der Waals surface area (Å²) in [7, 11) is 1.82. The van der Waals surface area contributed by atoms with Crippen molar-refractivity contribution in [1.29, 1.82) is 0 Å². The predicted molar refractivity (Wildman–Crippen MR) is 114 cm³/mol. The van der Waals surface area contributed by atoms with Gasteiger partial charge >= 0.3 is 0 Å². The highest BCUT2D eigenvalue weighted by molar-refractivity contribution is 7.21. The molecular weight excluding hydrogens is 370 g/mol. The Morgan fingerprint density at radius 2 is 2.14 bits per heavy atom. The molecule has 146 valence electrons. The van der Waals surface area contributed by atoms with Crippen LogP contribution in [0.25, 0.3) is 21.0 Å². The maximum Gasteiger partial charge on any atom is 0.191 e. The number of nitrogens with one attached hydrogen (secondary N) is 2. The number of furan rings is 1. The highest BCUT2D eigenvalue weighted by Gasteiger charge is 2.34. The molecule has 1 saturated heterocycles. The molecule has 1 saturated carbocycles. The summed E-state index contributed by atoms with van der Waals surface area (Å²) in [6, 6.07) is 13.5. The van der Waals surface area contributed by atoms with Crippen molar-refractivity contribution in [3.05, 3.63) is 42.2 Å². The van der Waals surface area contributed by atoms with E-state index in [9.17, 15) is 0 Å². The fourth-order valence-corrected chi connectivity index (χ4v) is 4.73. The number of likely N-dealkylation sites (tertiary alicyclic amines) is 1. The third kappa shape index (κ3) is 3.77. The molecule has 3 heterocycles. The van der Waals surface area contributed by atoms with E-state index >= 15 is 0 Å². The van der Waals surface area contributed by atoms with Crippen molar-refractivity contribution in [3.8, 4) is 10.8 Å². The van der Waals surface area contributed by atoms with Crippen LogP contribution in [0, 0.1) is 0 Å². The minimum atomic E-state index is 0.474. The van der Waals surface area contributed by atoms with Gasteiger partial charge in [0.15, 0.2) is 16.7 Å². The molecule has 1 unspecified atom stereocenters. The molecule has 2 aliphatic rings. The lowest BCUT2D eigenvalue weighted by atomic mass is 10.3. The highest BCUT2D eigenvalue weighted by Crippen LogP contribution is 2.31. The van der Waals surface area contributed by atoms with E-state index in [1.807, 2.05) is 37.4 Å². The SMILES string of the molecule is CN=C(NCc1ccc(-c2nc3ccccc3s2)o1)NC1CCN(C2CC2)C1. The summed E-state index contributed by atoms with van der Waals surface area (Å²) in [4.78, 5) is 11.6. The zero-order chi connectivity index (χ0) is 18.9. The molecule has 3 aromatic rings. The van der Waals surface area contributed by atoms with Crippen LogP contribution in [-0.4, -0.2) is 48.1 Å². The molecule has 0 bridgehead atoms. The van der Waals surface area contributed by atoms with Crippen LogP contribution in [0.5, 0.6) is 0 Å².